The van der Waals surface area contributed by atoms with Crippen LogP contribution in [0.3, 0.4) is 0 Å². The summed E-state index contributed by atoms with van der Waals surface area (Å²) < 4.78 is 11.8. The second-order valence-electron chi connectivity index (χ2n) is 6.88. The van der Waals surface area contributed by atoms with Crippen molar-refractivity contribution >= 4 is 39.3 Å². The zero-order chi connectivity index (χ0) is 21.4. The lowest BCUT2D eigenvalue weighted by Gasteiger charge is -2.12. The summed E-state index contributed by atoms with van der Waals surface area (Å²) in [6, 6.07) is 10.1. The van der Waals surface area contributed by atoms with Crippen molar-refractivity contribution in [2.24, 2.45) is 5.92 Å². The molecule has 0 saturated heterocycles. The number of carbonyl (C=O) groups excluding carboxylic acids is 2. The molecule has 0 unspecified atom stereocenters. The standard InChI is InChI=1S/C21H24BrClN2O4/c1-13(2)8-9-28-19-7-4-15(11-17(19)22)21(27)25-24-20(26)12-29-16-5-6-18(23)14(3)10-16/h4-7,10-11,13H,8-9,12H2,1-3H3,(H,24,26)(H,25,27). The van der Waals surface area contributed by atoms with Crippen LogP contribution in [0.4, 0.5) is 0 Å². The predicted molar refractivity (Wildman–Crippen MR) is 116 cm³/mol. The summed E-state index contributed by atoms with van der Waals surface area (Å²) in [4.78, 5) is 24.1. The number of carbonyl (C=O) groups is 2. The van der Waals surface area contributed by atoms with Gasteiger partial charge in [-0.05, 0) is 77.2 Å². The minimum absolute atomic E-state index is 0.242. The molecule has 2 rings (SSSR count). The third kappa shape index (κ3) is 7.59. The molecule has 0 aliphatic rings. The van der Waals surface area contributed by atoms with E-state index in [-0.39, 0.29) is 6.61 Å². The van der Waals surface area contributed by atoms with Gasteiger partial charge in [0.05, 0.1) is 11.1 Å². The van der Waals surface area contributed by atoms with Gasteiger partial charge in [0.2, 0.25) is 0 Å². The fourth-order valence-electron chi connectivity index (χ4n) is 2.25. The minimum atomic E-state index is -0.487. The lowest BCUT2D eigenvalue weighted by molar-refractivity contribution is -0.123. The molecule has 0 bridgehead atoms. The van der Waals surface area contributed by atoms with Crippen molar-refractivity contribution in [3.63, 3.8) is 0 Å². The number of nitrogens with one attached hydrogen (secondary N) is 2. The smallest absolute Gasteiger partial charge is 0.276 e. The van der Waals surface area contributed by atoms with E-state index in [2.05, 4.69) is 40.6 Å². The van der Waals surface area contributed by atoms with Crippen LogP contribution in [-0.4, -0.2) is 25.0 Å². The van der Waals surface area contributed by atoms with Crippen molar-refractivity contribution < 1.29 is 19.1 Å². The average molecular weight is 484 g/mol. The van der Waals surface area contributed by atoms with E-state index >= 15 is 0 Å². The molecule has 0 aliphatic carbocycles. The van der Waals surface area contributed by atoms with Crippen LogP contribution < -0.4 is 20.3 Å². The van der Waals surface area contributed by atoms with E-state index in [0.29, 0.717) is 39.1 Å². The van der Waals surface area contributed by atoms with Crippen LogP contribution in [0.1, 0.15) is 36.2 Å². The Labute approximate surface area is 184 Å². The molecule has 2 amide bonds. The molecule has 6 nitrogen and oxygen atoms in total. The van der Waals surface area contributed by atoms with Crippen molar-refractivity contribution in [2.45, 2.75) is 27.2 Å². The van der Waals surface area contributed by atoms with Gasteiger partial charge in [0.1, 0.15) is 11.5 Å². The van der Waals surface area contributed by atoms with Crippen molar-refractivity contribution in [3.05, 3.63) is 57.0 Å². The molecule has 8 heteroatoms. The summed E-state index contributed by atoms with van der Waals surface area (Å²) in [5.41, 5.74) is 5.91. The summed E-state index contributed by atoms with van der Waals surface area (Å²) >= 11 is 9.35. The molecule has 0 spiro atoms. The first kappa shape index (κ1) is 23.0. The molecule has 0 heterocycles. The number of hydrazine groups is 1. The van der Waals surface area contributed by atoms with E-state index in [1.807, 2.05) is 6.92 Å². The van der Waals surface area contributed by atoms with Gasteiger partial charge < -0.3 is 9.47 Å². The van der Waals surface area contributed by atoms with Gasteiger partial charge in [0.15, 0.2) is 6.61 Å². The number of ether oxygens (including phenoxy) is 2. The van der Waals surface area contributed by atoms with Crippen molar-refractivity contribution in [1.29, 1.82) is 0 Å². The average Bonchev–Trinajstić information content (AvgIpc) is 2.68. The number of amides is 2. The Morgan fingerprint density at radius 2 is 1.86 bits per heavy atom. The van der Waals surface area contributed by atoms with Gasteiger partial charge in [-0.2, -0.15) is 0 Å². The molecule has 0 radical (unpaired) electrons. The summed E-state index contributed by atoms with van der Waals surface area (Å²) in [5.74, 6) is 0.798. The van der Waals surface area contributed by atoms with E-state index in [1.54, 1.807) is 36.4 Å². The number of rotatable bonds is 8. The fraction of sp³-hybridized carbons (Fsp3) is 0.333. The molecule has 156 valence electrons. The first-order chi connectivity index (χ1) is 13.8. The lowest BCUT2D eigenvalue weighted by Crippen LogP contribution is -2.43. The molecule has 0 aromatic heterocycles. The second-order valence-corrected chi connectivity index (χ2v) is 8.14. The number of hydrogen-bond donors (Lipinski definition) is 2. The Morgan fingerprint density at radius 1 is 1.10 bits per heavy atom. The van der Waals surface area contributed by atoms with Crippen LogP contribution in [0, 0.1) is 12.8 Å². The first-order valence-corrected chi connectivity index (χ1v) is 10.3. The van der Waals surface area contributed by atoms with Gasteiger partial charge in [-0.3, -0.25) is 20.4 Å². The molecule has 2 aromatic rings. The summed E-state index contributed by atoms with van der Waals surface area (Å²) in [7, 11) is 0. The topological polar surface area (TPSA) is 76.7 Å². The van der Waals surface area contributed by atoms with E-state index in [0.717, 1.165) is 12.0 Å². The highest BCUT2D eigenvalue weighted by Crippen LogP contribution is 2.26. The van der Waals surface area contributed by atoms with Crippen molar-refractivity contribution in [2.75, 3.05) is 13.2 Å². The normalized spacial score (nSPS) is 10.6. The van der Waals surface area contributed by atoms with E-state index in [1.165, 1.54) is 0 Å². The molecular weight excluding hydrogens is 460 g/mol. The molecule has 0 saturated carbocycles. The lowest BCUT2D eigenvalue weighted by atomic mass is 10.1. The fourth-order valence-corrected chi connectivity index (χ4v) is 2.87. The quantitative estimate of drug-likeness (QED) is 0.535. The first-order valence-electron chi connectivity index (χ1n) is 9.16. The van der Waals surface area contributed by atoms with Crippen molar-refractivity contribution in [1.82, 2.24) is 10.9 Å². The second kappa shape index (κ2) is 11.1. The van der Waals surface area contributed by atoms with Crippen LogP contribution in [0.15, 0.2) is 40.9 Å². The highest BCUT2D eigenvalue weighted by molar-refractivity contribution is 9.10. The van der Waals surface area contributed by atoms with Gasteiger partial charge >= 0.3 is 0 Å². The van der Waals surface area contributed by atoms with Gasteiger partial charge in [-0.25, -0.2) is 0 Å². The number of benzene rings is 2. The zero-order valence-corrected chi connectivity index (χ0v) is 18.9. The maximum Gasteiger partial charge on any atom is 0.276 e. The van der Waals surface area contributed by atoms with Gasteiger partial charge in [-0.1, -0.05) is 25.4 Å². The van der Waals surface area contributed by atoms with Crippen LogP contribution in [0.25, 0.3) is 0 Å². The van der Waals surface area contributed by atoms with E-state index < -0.39 is 11.8 Å². The Morgan fingerprint density at radius 3 is 2.52 bits per heavy atom. The van der Waals surface area contributed by atoms with Crippen molar-refractivity contribution in [3.8, 4) is 11.5 Å². The maximum absolute atomic E-state index is 12.2. The SMILES string of the molecule is Cc1cc(OCC(=O)NNC(=O)c2ccc(OCCC(C)C)c(Br)c2)ccc1Cl. The number of hydrogen-bond acceptors (Lipinski definition) is 4. The molecular formula is C21H24BrClN2O4. The largest absolute Gasteiger partial charge is 0.492 e. The molecule has 2 aromatic carbocycles. The zero-order valence-electron chi connectivity index (χ0n) is 16.6. The Balaban J connectivity index is 1.81. The Kier molecular flexibility index (Phi) is 8.79. The predicted octanol–water partition coefficient (Wildman–Crippen LogP) is 4.68. The van der Waals surface area contributed by atoms with Gasteiger partial charge in [-0.15, -0.1) is 0 Å². The molecule has 2 N–H and O–H groups in total. The molecule has 29 heavy (non-hydrogen) atoms. The maximum atomic E-state index is 12.2. The molecule has 0 aliphatic heterocycles. The molecule has 0 atom stereocenters. The van der Waals surface area contributed by atoms with Gasteiger partial charge in [0, 0.05) is 10.6 Å². The van der Waals surface area contributed by atoms with Crippen LogP contribution in [0.5, 0.6) is 11.5 Å². The van der Waals surface area contributed by atoms with Crippen LogP contribution >= 0.6 is 27.5 Å². The minimum Gasteiger partial charge on any atom is -0.492 e. The summed E-state index contributed by atoms with van der Waals surface area (Å²) in [5, 5.41) is 0.622. The Bertz CT molecular complexity index is 874. The number of aryl methyl sites for hydroxylation is 1. The monoisotopic (exact) mass is 482 g/mol. The Hall–Kier alpha value is -2.25. The van der Waals surface area contributed by atoms with Crippen LogP contribution in [-0.2, 0) is 4.79 Å². The molecule has 0 fully saturated rings. The number of halogens is 2. The van der Waals surface area contributed by atoms with Crippen LogP contribution in [0.2, 0.25) is 5.02 Å². The highest BCUT2D eigenvalue weighted by atomic mass is 79.9. The summed E-state index contributed by atoms with van der Waals surface area (Å²) in [6.45, 7) is 6.45. The van der Waals surface area contributed by atoms with Gasteiger partial charge in [0.25, 0.3) is 11.8 Å². The third-order valence-corrected chi connectivity index (χ3v) is 5.01. The third-order valence-electron chi connectivity index (χ3n) is 3.96. The summed E-state index contributed by atoms with van der Waals surface area (Å²) in [6.07, 6.45) is 0.943. The van der Waals surface area contributed by atoms with E-state index in [4.69, 9.17) is 21.1 Å². The highest BCUT2D eigenvalue weighted by Gasteiger charge is 2.11. The van der Waals surface area contributed by atoms with E-state index in [9.17, 15) is 9.59 Å².